The molecular weight excluding hydrogens is 212 g/mol. The Labute approximate surface area is 93.0 Å². The van der Waals surface area contributed by atoms with E-state index in [1.54, 1.807) is 6.07 Å². The topological polar surface area (TPSA) is 85.5 Å². The predicted molar refractivity (Wildman–Crippen MR) is 57.3 cm³/mol. The van der Waals surface area contributed by atoms with Crippen molar-refractivity contribution in [1.29, 1.82) is 0 Å². The summed E-state index contributed by atoms with van der Waals surface area (Å²) in [6.07, 6.45) is 3.67. The molecule has 0 unspecified atom stereocenters. The Morgan fingerprint density at radius 2 is 2.25 bits per heavy atom. The highest BCUT2D eigenvalue weighted by molar-refractivity contribution is 5.38. The van der Waals surface area contributed by atoms with Crippen LogP contribution in [0.25, 0.3) is 0 Å². The van der Waals surface area contributed by atoms with Gasteiger partial charge in [-0.15, -0.1) is 0 Å². The summed E-state index contributed by atoms with van der Waals surface area (Å²) in [5.41, 5.74) is 0. The SMILES string of the molecule is O=[N+]([O-])c1ncccc1OCCCCCO. The summed E-state index contributed by atoms with van der Waals surface area (Å²) < 4.78 is 5.26. The molecule has 0 bridgehead atoms. The van der Waals surface area contributed by atoms with Crippen molar-refractivity contribution in [2.75, 3.05) is 13.2 Å². The lowest BCUT2D eigenvalue weighted by Gasteiger charge is -2.05. The Hall–Kier alpha value is -1.69. The summed E-state index contributed by atoms with van der Waals surface area (Å²) in [5.74, 6) is -0.0684. The highest BCUT2D eigenvalue weighted by atomic mass is 16.6. The fraction of sp³-hybridized carbons (Fsp3) is 0.500. The smallest absolute Gasteiger partial charge is 0.406 e. The maximum Gasteiger partial charge on any atom is 0.406 e. The summed E-state index contributed by atoms with van der Waals surface area (Å²) in [4.78, 5) is 13.6. The van der Waals surface area contributed by atoms with Gasteiger partial charge in [0.2, 0.25) is 5.75 Å². The normalized spacial score (nSPS) is 10.1. The molecule has 6 nitrogen and oxygen atoms in total. The number of ether oxygens (including phenoxy) is 1. The highest BCUT2D eigenvalue weighted by Gasteiger charge is 2.14. The van der Waals surface area contributed by atoms with E-state index < -0.39 is 4.92 Å². The molecule has 0 aliphatic heterocycles. The lowest BCUT2D eigenvalue weighted by atomic mass is 10.2. The summed E-state index contributed by atoms with van der Waals surface area (Å²) in [7, 11) is 0. The van der Waals surface area contributed by atoms with Gasteiger partial charge < -0.3 is 20.0 Å². The van der Waals surface area contributed by atoms with Crippen LogP contribution in [0.4, 0.5) is 5.82 Å². The fourth-order valence-electron chi connectivity index (χ4n) is 1.20. The zero-order valence-electron chi connectivity index (χ0n) is 8.83. The molecule has 0 atom stereocenters. The van der Waals surface area contributed by atoms with Gasteiger partial charge in [-0.3, -0.25) is 0 Å². The van der Waals surface area contributed by atoms with Crippen LogP contribution >= 0.6 is 0 Å². The molecule has 88 valence electrons. The highest BCUT2D eigenvalue weighted by Crippen LogP contribution is 2.22. The van der Waals surface area contributed by atoms with E-state index in [4.69, 9.17) is 9.84 Å². The first-order valence-corrected chi connectivity index (χ1v) is 5.08. The minimum absolute atomic E-state index is 0.160. The van der Waals surface area contributed by atoms with Crippen LogP contribution in [0.5, 0.6) is 5.75 Å². The van der Waals surface area contributed by atoms with Crippen molar-refractivity contribution in [3.63, 3.8) is 0 Å². The maximum absolute atomic E-state index is 10.6. The second-order valence-electron chi connectivity index (χ2n) is 3.21. The van der Waals surface area contributed by atoms with Gasteiger partial charge in [0.25, 0.3) is 0 Å². The first-order valence-electron chi connectivity index (χ1n) is 5.08. The van der Waals surface area contributed by atoms with Gasteiger partial charge in [-0.05, 0) is 41.3 Å². The molecule has 6 heteroatoms. The number of hydrogen-bond acceptors (Lipinski definition) is 5. The number of nitrogens with zero attached hydrogens (tertiary/aromatic N) is 2. The zero-order chi connectivity index (χ0) is 11.8. The standard InChI is InChI=1S/C10H14N2O4/c13-7-2-1-3-8-16-9-5-4-6-11-10(9)12(14)15/h4-6,13H,1-3,7-8H2. The molecule has 0 aromatic carbocycles. The van der Waals surface area contributed by atoms with E-state index in [0.717, 1.165) is 19.3 Å². The van der Waals surface area contributed by atoms with Gasteiger partial charge in [-0.2, -0.15) is 0 Å². The number of nitro groups is 1. The van der Waals surface area contributed by atoms with Gasteiger partial charge in [-0.25, -0.2) is 0 Å². The second-order valence-corrected chi connectivity index (χ2v) is 3.21. The number of aliphatic hydroxyl groups is 1. The Bertz CT molecular complexity index is 343. The number of aromatic nitrogens is 1. The van der Waals surface area contributed by atoms with Crippen molar-refractivity contribution in [3.05, 3.63) is 28.4 Å². The monoisotopic (exact) mass is 226 g/mol. The van der Waals surface area contributed by atoms with Crippen LogP contribution in [0.15, 0.2) is 18.3 Å². The van der Waals surface area contributed by atoms with Gasteiger partial charge in [0, 0.05) is 6.61 Å². The number of aliphatic hydroxyl groups excluding tert-OH is 1. The minimum Gasteiger partial charge on any atom is -0.486 e. The van der Waals surface area contributed by atoms with Crippen molar-refractivity contribution in [2.24, 2.45) is 0 Å². The molecule has 0 saturated heterocycles. The number of hydrogen-bond donors (Lipinski definition) is 1. The molecule has 1 heterocycles. The van der Waals surface area contributed by atoms with E-state index in [-0.39, 0.29) is 18.2 Å². The first kappa shape index (κ1) is 12.4. The predicted octanol–water partition coefficient (Wildman–Crippen LogP) is 1.53. The van der Waals surface area contributed by atoms with E-state index in [0.29, 0.717) is 6.61 Å². The van der Waals surface area contributed by atoms with Crippen molar-refractivity contribution >= 4 is 5.82 Å². The van der Waals surface area contributed by atoms with E-state index >= 15 is 0 Å². The lowest BCUT2D eigenvalue weighted by Crippen LogP contribution is -2.02. The van der Waals surface area contributed by atoms with Crippen molar-refractivity contribution in [3.8, 4) is 5.75 Å². The van der Waals surface area contributed by atoms with E-state index in [2.05, 4.69) is 4.98 Å². The molecule has 0 aliphatic carbocycles. The van der Waals surface area contributed by atoms with Crippen LogP contribution < -0.4 is 4.74 Å². The number of rotatable bonds is 7. The third-order valence-corrected chi connectivity index (χ3v) is 1.98. The Kier molecular flexibility index (Phi) is 5.21. The largest absolute Gasteiger partial charge is 0.486 e. The van der Waals surface area contributed by atoms with E-state index in [1.165, 1.54) is 12.3 Å². The third-order valence-electron chi connectivity index (χ3n) is 1.98. The molecule has 1 rings (SSSR count). The van der Waals surface area contributed by atoms with Crippen LogP contribution in [0.2, 0.25) is 0 Å². The first-order chi connectivity index (χ1) is 7.75. The summed E-state index contributed by atoms with van der Waals surface area (Å²) in [5, 5.41) is 19.1. The van der Waals surface area contributed by atoms with Crippen molar-refractivity contribution < 1.29 is 14.8 Å². The molecule has 16 heavy (non-hydrogen) atoms. The van der Waals surface area contributed by atoms with Crippen LogP contribution in [0, 0.1) is 10.1 Å². The minimum atomic E-state index is -0.566. The molecule has 1 N–H and O–H groups in total. The van der Waals surface area contributed by atoms with Crippen LogP contribution in [-0.2, 0) is 0 Å². The number of unbranched alkanes of at least 4 members (excludes halogenated alkanes) is 2. The summed E-state index contributed by atoms with van der Waals surface area (Å²) in [6, 6.07) is 3.12. The fourth-order valence-corrected chi connectivity index (χ4v) is 1.20. The lowest BCUT2D eigenvalue weighted by molar-refractivity contribution is -0.390. The molecule has 0 saturated carbocycles. The van der Waals surface area contributed by atoms with Crippen LogP contribution in [0.3, 0.4) is 0 Å². The third kappa shape index (κ3) is 3.82. The molecule has 0 amide bonds. The summed E-state index contributed by atoms with van der Waals surface area (Å²) >= 11 is 0. The molecule has 1 aromatic rings. The second kappa shape index (κ2) is 6.73. The van der Waals surface area contributed by atoms with E-state index in [9.17, 15) is 10.1 Å². The average molecular weight is 226 g/mol. The Balaban J connectivity index is 2.44. The van der Waals surface area contributed by atoms with Crippen LogP contribution in [0.1, 0.15) is 19.3 Å². The molecule has 1 aromatic heterocycles. The molecule has 0 spiro atoms. The van der Waals surface area contributed by atoms with Gasteiger partial charge in [-0.1, -0.05) is 0 Å². The molecule has 0 fully saturated rings. The van der Waals surface area contributed by atoms with Gasteiger partial charge in [0.15, 0.2) is 0 Å². The average Bonchev–Trinajstić information content (AvgIpc) is 2.29. The number of pyridine rings is 1. The quantitative estimate of drug-likeness (QED) is 0.433. The molecule has 0 radical (unpaired) electrons. The maximum atomic E-state index is 10.6. The summed E-state index contributed by atoms with van der Waals surface area (Å²) in [6.45, 7) is 0.555. The van der Waals surface area contributed by atoms with Gasteiger partial charge >= 0.3 is 5.82 Å². The molecule has 0 aliphatic rings. The van der Waals surface area contributed by atoms with Crippen LogP contribution in [-0.4, -0.2) is 28.2 Å². The molecular formula is C10H14N2O4. The Morgan fingerprint density at radius 3 is 2.94 bits per heavy atom. The Morgan fingerprint density at radius 1 is 1.44 bits per heavy atom. The van der Waals surface area contributed by atoms with Gasteiger partial charge in [0.1, 0.15) is 6.20 Å². The van der Waals surface area contributed by atoms with Crippen molar-refractivity contribution in [1.82, 2.24) is 4.98 Å². The van der Waals surface area contributed by atoms with E-state index in [1.807, 2.05) is 0 Å². The van der Waals surface area contributed by atoms with Gasteiger partial charge in [0.05, 0.1) is 6.61 Å². The van der Waals surface area contributed by atoms with Crippen molar-refractivity contribution in [2.45, 2.75) is 19.3 Å². The zero-order valence-corrected chi connectivity index (χ0v) is 8.83.